The molecule has 4 heteroatoms. The number of rotatable bonds is 5. The van der Waals surface area contributed by atoms with Crippen molar-refractivity contribution in [3.05, 3.63) is 35.6 Å². The number of carbonyl (C=O) groups excluding carboxylic acids is 1. The lowest BCUT2D eigenvalue weighted by Crippen LogP contribution is -2.35. The van der Waals surface area contributed by atoms with E-state index in [0.29, 0.717) is 12.1 Å². The van der Waals surface area contributed by atoms with Gasteiger partial charge in [0.05, 0.1) is 6.42 Å². The number of amides is 1. The molecule has 1 aromatic rings. The summed E-state index contributed by atoms with van der Waals surface area (Å²) in [5.41, 5.74) is 6.05. The molecule has 0 aliphatic carbocycles. The Hall–Kier alpha value is -1.42. The van der Waals surface area contributed by atoms with Gasteiger partial charge in [-0.05, 0) is 37.6 Å². The van der Waals surface area contributed by atoms with Crippen LogP contribution in [0.15, 0.2) is 24.3 Å². The zero-order valence-corrected chi connectivity index (χ0v) is 9.37. The quantitative estimate of drug-likeness (QED) is 0.790. The Kier molecular flexibility index (Phi) is 4.92. The first-order chi connectivity index (χ1) is 7.61. The second-order valence-corrected chi connectivity index (χ2v) is 3.85. The van der Waals surface area contributed by atoms with E-state index in [2.05, 4.69) is 5.32 Å². The predicted octanol–water partition coefficient (Wildman–Crippen LogP) is 1.22. The summed E-state index contributed by atoms with van der Waals surface area (Å²) in [6, 6.07) is 6.12. The fourth-order valence-corrected chi connectivity index (χ4v) is 1.48. The standard InChI is InChI=1S/C12H17FN2O/c1-9(5-6-14)15-12(16)8-10-3-2-4-11(13)7-10/h2-4,7,9H,5-6,8,14H2,1H3,(H,15,16). The van der Waals surface area contributed by atoms with Gasteiger partial charge in [-0.1, -0.05) is 12.1 Å². The lowest BCUT2D eigenvalue weighted by molar-refractivity contribution is -0.121. The van der Waals surface area contributed by atoms with Crippen molar-refractivity contribution in [3.8, 4) is 0 Å². The van der Waals surface area contributed by atoms with Crippen LogP contribution in [-0.2, 0) is 11.2 Å². The van der Waals surface area contributed by atoms with Gasteiger partial charge in [-0.2, -0.15) is 0 Å². The normalized spacial score (nSPS) is 12.2. The SMILES string of the molecule is CC(CCN)NC(=O)Cc1cccc(F)c1. The van der Waals surface area contributed by atoms with Crippen LogP contribution >= 0.6 is 0 Å². The highest BCUT2D eigenvalue weighted by Crippen LogP contribution is 2.04. The topological polar surface area (TPSA) is 55.1 Å². The second kappa shape index (κ2) is 6.23. The molecule has 0 aliphatic heterocycles. The molecule has 3 N–H and O–H groups in total. The van der Waals surface area contributed by atoms with Crippen molar-refractivity contribution >= 4 is 5.91 Å². The van der Waals surface area contributed by atoms with Crippen LogP contribution in [0.3, 0.4) is 0 Å². The van der Waals surface area contributed by atoms with Gasteiger partial charge in [0.25, 0.3) is 0 Å². The lowest BCUT2D eigenvalue weighted by Gasteiger charge is -2.12. The first kappa shape index (κ1) is 12.6. The molecule has 0 saturated heterocycles. The van der Waals surface area contributed by atoms with E-state index in [-0.39, 0.29) is 24.2 Å². The van der Waals surface area contributed by atoms with Gasteiger partial charge in [0, 0.05) is 6.04 Å². The number of hydrogen-bond acceptors (Lipinski definition) is 2. The summed E-state index contributed by atoms with van der Waals surface area (Å²) >= 11 is 0. The first-order valence-corrected chi connectivity index (χ1v) is 5.35. The highest BCUT2D eigenvalue weighted by molar-refractivity contribution is 5.78. The molecular formula is C12H17FN2O. The van der Waals surface area contributed by atoms with Gasteiger partial charge in [-0.25, -0.2) is 4.39 Å². The zero-order chi connectivity index (χ0) is 12.0. The molecule has 1 atom stereocenters. The van der Waals surface area contributed by atoms with E-state index in [1.54, 1.807) is 12.1 Å². The van der Waals surface area contributed by atoms with E-state index >= 15 is 0 Å². The molecule has 0 aliphatic rings. The van der Waals surface area contributed by atoms with Gasteiger partial charge in [0.15, 0.2) is 0 Å². The molecule has 0 bridgehead atoms. The van der Waals surface area contributed by atoms with Gasteiger partial charge in [-0.3, -0.25) is 4.79 Å². The molecule has 1 unspecified atom stereocenters. The van der Waals surface area contributed by atoms with Crippen molar-refractivity contribution < 1.29 is 9.18 Å². The third kappa shape index (κ3) is 4.40. The van der Waals surface area contributed by atoms with Gasteiger partial charge < -0.3 is 11.1 Å². The molecule has 0 heterocycles. The molecule has 1 amide bonds. The fraction of sp³-hybridized carbons (Fsp3) is 0.417. The molecular weight excluding hydrogens is 207 g/mol. The number of benzene rings is 1. The molecule has 0 radical (unpaired) electrons. The minimum Gasteiger partial charge on any atom is -0.353 e. The minimum absolute atomic E-state index is 0.0612. The summed E-state index contributed by atoms with van der Waals surface area (Å²) in [7, 11) is 0. The smallest absolute Gasteiger partial charge is 0.224 e. The summed E-state index contributed by atoms with van der Waals surface area (Å²) < 4.78 is 12.9. The van der Waals surface area contributed by atoms with Crippen LogP contribution in [0.1, 0.15) is 18.9 Å². The van der Waals surface area contributed by atoms with Crippen molar-refractivity contribution in [1.29, 1.82) is 0 Å². The van der Waals surface area contributed by atoms with Gasteiger partial charge >= 0.3 is 0 Å². The lowest BCUT2D eigenvalue weighted by atomic mass is 10.1. The van der Waals surface area contributed by atoms with Crippen molar-refractivity contribution in [2.24, 2.45) is 5.73 Å². The van der Waals surface area contributed by atoms with Crippen LogP contribution in [0.25, 0.3) is 0 Å². The Balaban J connectivity index is 2.45. The number of hydrogen-bond donors (Lipinski definition) is 2. The van der Waals surface area contributed by atoms with Gasteiger partial charge in [0.2, 0.25) is 5.91 Å². The first-order valence-electron chi connectivity index (χ1n) is 5.35. The predicted molar refractivity (Wildman–Crippen MR) is 61.4 cm³/mol. The van der Waals surface area contributed by atoms with Crippen molar-refractivity contribution in [3.63, 3.8) is 0 Å². The zero-order valence-electron chi connectivity index (χ0n) is 9.37. The van der Waals surface area contributed by atoms with E-state index in [1.807, 2.05) is 6.92 Å². The summed E-state index contributed by atoms with van der Waals surface area (Å²) in [5.74, 6) is -0.424. The number of carbonyl (C=O) groups is 1. The molecule has 1 rings (SSSR count). The van der Waals surface area contributed by atoms with Crippen LogP contribution in [-0.4, -0.2) is 18.5 Å². The van der Waals surface area contributed by atoms with Crippen LogP contribution in [0.4, 0.5) is 4.39 Å². The molecule has 0 spiro atoms. The van der Waals surface area contributed by atoms with Crippen molar-refractivity contribution in [2.75, 3.05) is 6.54 Å². The molecule has 0 saturated carbocycles. The summed E-state index contributed by atoms with van der Waals surface area (Å²) in [6.07, 6.45) is 0.946. The average Bonchev–Trinajstić information content (AvgIpc) is 2.17. The molecule has 88 valence electrons. The number of nitrogens with one attached hydrogen (secondary N) is 1. The number of nitrogens with two attached hydrogens (primary N) is 1. The van der Waals surface area contributed by atoms with E-state index in [1.165, 1.54) is 12.1 Å². The molecule has 0 aromatic heterocycles. The van der Waals surface area contributed by atoms with Gasteiger partial charge in [0.1, 0.15) is 5.82 Å². The molecule has 3 nitrogen and oxygen atoms in total. The van der Waals surface area contributed by atoms with Crippen LogP contribution in [0, 0.1) is 5.82 Å². The Morgan fingerprint density at radius 3 is 2.94 bits per heavy atom. The largest absolute Gasteiger partial charge is 0.353 e. The van der Waals surface area contributed by atoms with Crippen LogP contribution in [0.5, 0.6) is 0 Å². The third-order valence-electron chi connectivity index (χ3n) is 2.26. The molecule has 0 fully saturated rings. The van der Waals surface area contributed by atoms with Crippen molar-refractivity contribution in [2.45, 2.75) is 25.8 Å². The second-order valence-electron chi connectivity index (χ2n) is 3.85. The Labute approximate surface area is 94.8 Å². The maximum absolute atomic E-state index is 12.9. The van der Waals surface area contributed by atoms with Crippen molar-refractivity contribution in [1.82, 2.24) is 5.32 Å². The monoisotopic (exact) mass is 224 g/mol. The maximum atomic E-state index is 12.9. The maximum Gasteiger partial charge on any atom is 0.224 e. The third-order valence-corrected chi connectivity index (χ3v) is 2.26. The fourth-order valence-electron chi connectivity index (χ4n) is 1.48. The summed E-state index contributed by atoms with van der Waals surface area (Å²) in [4.78, 5) is 11.5. The Morgan fingerprint density at radius 1 is 1.56 bits per heavy atom. The van der Waals surface area contributed by atoms with E-state index in [9.17, 15) is 9.18 Å². The Morgan fingerprint density at radius 2 is 2.31 bits per heavy atom. The molecule has 16 heavy (non-hydrogen) atoms. The number of halogens is 1. The Bertz CT molecular complexity index is 355. The summed E-state index contributed by atoms with van der Waals surface area (Å²) in [5, 5.41) is 2.81. The highest BCUT2D eigenvalue weighted by atomic mass is 19.1. The average molecular weight is 224 g/mol. The van der Waals surface area contributed by atoms with Gasteiger partial charge in [-0.15, -0.1) is 0 Å². The van der Waals surface area contributed by atoms with Crippen LogP contribution in [0.2, 0.25) is 0 Å². The van der Waals surface area contributed by atoms with Crippen LogP contribution < -0.4 is 11.1 Å². The highest BCUT2D eigenvalue weighted by Gasteiger charge is 2.07. The van der Waals surface area contributed by atoms with E-state index in [0.717, 1.165) is 6.42 Å². The molecule has 1 aromatic carbocycles. The minimum atomic E-state index is -0.319. The summed E-state index contributed by atoms with van der Waals surface area (Å²) in [6.45, 7) is 2.44. The van der Waals surface area contributed by atoms with E-state index < -0.39 is 0 Å². The van der Waals surface area contributed by atoms with E-state index in [4.69, 9.17) is 5.73 Å².